The molecule has 5 atom stereocenters. The lowest BCUT2D eigenvalue weighted by Gasteiger charge is -2.43. The van der Waals surface area contributed by atoms with Crippen molar-refractivity contribution in [2.75, 3.05) is 6.61 Å². The Labute approximate surface area is 231 Å². The van der Waals surface area contributed by atoms with E-state index in [1.165, 1.54) is 12.1 Å². The summed E-state index contributed by atoms with van der Waals surface area (Å²) in [5.41, 5.74) is -0.457. The Morgan fingerprint density at radius 2 is 1.41 bits per heavy atom. The van der Waals surface area contributed by atoms with Crippen molar-refractivity contribution in [3.05, 3.63) is 29.3 Å². The Bertz CT molecular complexity index is 1280. The minimum absolute atomic E-state index is 0.00598. The van der Waals surface area contributed by atoms with Gasteiger partial charge in [-0.05, 0) is 18.2 Å². The molecule has 2 saturated heterocycles. The van der Waals surface area contributed by atoms with E-state index < -0.39 is 90.4 Å². The van der Waals surface area contributed by atoms with Gasteiger partial charge in [0.05, 0.1) is 0 Å². The van der Waals surface area contributed by atoms with Crippen molar-refractivity contribution in [1.82, 2.24) is 10.6 Å². The number of carbonyl (C=O) groups is 7. The summed E-state index contributed by atoms with van der Waals surface area (Å²) in [4.78, 5) is 82.4. The SMILES string of the molecule is CC(=O)OC[C@H]1O[C@@H](Oc2ccc(C=C3C(=O)NC(=O)NC3=O)c(O)c2)[C@H](OC(C)=O)[C@@H](OC(C)=O)[C@@H]1OC(C)=O. The molecule has 41 heavy (non-hydrogen) atoms. The fourth-order valence-electron chi connectivity index (χ4n) is 3.90. The van der Waals surface area contributed by atoms with Crippen LogP contribution < -0.4 is 15.4 Å². The monoisotopic (exact) mass is 578 g/mol. The van der Waals surface area contributed by atoms with Gasteiger partial charge in [0.15, 0.2) is 12.2 Å². The first kappa shape index (κ1) is 30.6. The lowest BCUT2D eigenvalue weighted by molar-refractivity contribution is -0.288. The first-order chi connectivity index (χ1) is 19.2. The molecule has 2 heterocycles. The van der Waals surface area contributed by atoms with Gasteiger partial charge in [0, 0.05) is 39.3 Å². The van der Waals surface area contributed by atoms with Gasteiger partial charge >= 0.3 is 29.9 Å². The summed E-state index contributed by atoms with van der Waals surface area (Å²) in [5.74, 6) is -5.68. The molecule has 16 nitrogen and oxygen atoms in total. The first-order valence-corrected chi connectivity index (χ1v) is 11.9. The number of hydrogen-bond acceptors (Lipinski definition) is 14. The molecule has 2 aliphatic heterocycles. The van der Waals surface area contributed by atoms with E-state index in [-0.39, 0.29) is 11.3 Å². The fourth-order valence-corrected chi connectivity index (χ4v) is 3.90. The summed E-state index contributed by atoms with van der Waals surface area (Å²) >= 11 is 0. The lowest BCUT2D eigenvalue weighted by atomic mass is 9.98. The number of urea groups is 1. The van der Waals surface area contributed by atoms with Crippen molar-refractivity contribution in [3.8, 4) is 11.5 Å². The van der Waals surface area contributed by atoms with E-state index in [1.807, 2.05) is 10.6 Å². The molecule has 0 bridgehead atoms. The largest absolute Gasteiger partial charge is 0.507 e. The van der Waals surface area contributed by atoms with Gasteiger partial charge in [0.25, 0.3) is 11.8 Å². The third-order valence-electron chi connectivity index (χ3n) is 5.45. The molecule has 0 aliphatic carbocycles. The predicted octanol–water partition coefficient (Wildman–Crippen LogP) is -0.396. The summed E-state index contributed by atoms with van der Waals surface area (Å²) in [7, 11) is 0. The number of benzene rings is 1. The topological polar surface area (TPSA) is 219 Å². The zero-order valence-corrected chi connectivity index (χ0v) is 22.2. The van der Waals surface area contributed by atoms with E-state index in [4.69, 9.17) is 28.4 Å². The standard InChI is InChI=1S/C25H26N2O14/c1-10(28)36-9-18-19(37-11(2)29)20(38-12(3)30)21(39-13(4)31)24(41-18)40-15-6-5-14(17(32)8-15)7-16-22(33)26-25(35)27-23(16)34/h5-8,18-21,24,32H,9H2,1-4H3,(H2,26,27,33,34,35)/t18-,19-,20+,21-,24-/m1/s1. The third-order valence-corrected chi connectivity index (χ3v) is 5.45. The first-order valence-electron chi connectivity index (χ1n) is 11.9. The van der Waals surface area contributed by atoms with Gasteiger partial charge in [-0.3, -0.25) is 39.4 Å². The number of hydrogen-bond donors (Lipinski definition) is 3. The van der Waals surface area contributed by atoms with Gasteiger partial charge in [-0.2, -0.15) is 0 Å². The Morgan fingerprint density at radius 3 is 1.95 bits per heavy atom. The Hall–Kier alpha value is -4.99. The Kier molecular flexibility index (Phi) is 9.62. The molecule has 3 N–H and O–H groups in total. The van der Waals surface area contributed by atoms with Crippen LogP contribution in [-0.2, 0) is 52.5 Å². The number of esters is 4. The number of carbonyl (C=O) groups excluding carboxylic acids is 7. The quantitative estimate of drug-likeness (QED) is 0.155. The minimum Gasteiger partial charge on any atom is -0.507 e. The predicted molar refractivity (Wildman–Crippen MR) is 130 cm³/mol. The zero-order valence-electron chi connectivity index (χ0n) is 22.2. The number of aromatic hydroxyl groups is 1. The minimum atomic E-state index is -1.56. The van der Waals surface area contributed by atoms with Crippen LogP contribution in [0.1, 0.15) is 33.3 Å². The summed E-state index contributed by atoms with van der Waals surface area (Å²) in [5, 5.41) is 14.3. The molecule has 0 saturated carbocycles. The summed E-state index contributed by atoms with van der Waals surface area (Å²) < 4.78 is 32.5. The molecule has 2 fully saturated rings. The number of phenolic OH excluding ortho intramolecular Hbond substituents is 1. The van der Waals surface area contributed by atoms with E-state index in [2.05, 4.69) is 0 Å². The number of imide groups is 2. The molecular formula is C25H26N2O14. The van der Waals surface area contributed by atoms with Crippen LogP contribution in [0.5, 0.6) is 11.5 Å². The summed E-state index contributed by atoms with van der Waals surface area (Å²) in [6, 6.07) is 2.64. The molecule has 16 heteroatoms. The van der Waals surface area contributed by atoms with Gasteiger partial charge in [-0.25, -0.2) is 4.79 Å². The molecule has 4 amide bonds. The van der Waals surface area contributed by atoms with Crippen molar-refractivity contribution >= 4 is 47.8 Å². The zero-order chi connectivity index (χ0) is 30.4. The normalized spacial score (nSPS) is 23.9. The van der Waals surface area contributed by atoms with Crippen LogP contribution in [0.3, 0.4) is 0 Å². The van der Waals surface area contributed by atoms with Gasteiger partial charge in [0.2, 0.25) is 12.4 Å². The fraction of sp³-hybridized carbons (Fsp3) is 0.400. The van der Waals surface area contributed by atoms with E-state index in [9.17, 15) is 38.7 Å². The van der Waals surface area contributed by atoms with E-state index in [0.717, 1.165) is 39.8 Å². The van der Waals surface area contributed by atoms with Gasteiger partial charge in [-0.1, -0.05) is 0 Å². The maximum atomic E-state index is 12.0. The molecular weight excluding hydrogens is 552 g/mol. The van der Waals surface area contributed by atoms with E-state index in [0.29, 0.717) is 0 Å². The van der Waals surface area contributed by atoms with E-state index in [1.54, 1.807) is 0 Å². The maximum Gasteiger partial charge on any atom is 0.328 e. The maximum absolute atomic E-state index is 12.0. The lowest BCUT2D eigenvalue weighted by Crippen LogP contribution is -2.63. The molecule has 1 aromatic rings. The van der Waals surface area contributed by atoms with Crippen LogP contribution in [-0.4, -0.2) is 84.1 Å². The Morgan fingerprint density at radius 1 is 0.854 bits per heavy atom. The molecule has 0 radical (unpaired) electrons. The smallest absolute Gasteiger partial charge is 0.328 e. The number of phenols is 1. The van der Waals surface area contributed by atoms with Gasteiger partial charge in [0.1, 0.15) is 29.8 Å². The molecule has 1 aromatic carbocycles. The number of amides is 4. The van der Waals surface area contributed by atoms with Crippen LogP contribution in [0.2, 0.25) is 0 Å². The Balaban J connectivity index is 1.95. The highest BCUT2D eigenvalue weighted by molar-refractivity contribution is 6.31. The number of rotatable bonds is 8. The van der Waals surface area contributed by atoms with Gasteiger partial charge < -0.3 is 33.5 Å². The van der Waals surface area contributed by atoms with E-state index >= 15 is 0 Å². The van der Waals surface area contributed by atoms with Crippen LogP contribution in [0.15, 0.2) is 23.8 Å². The second-order valence-electron chi connectivity index (χ2n) is 8.70. The molecule has 0 spiro atoms. The number of nitrogens with one attached hydrogen (secondary N) is 2. The third kappa shape index (κ3) is 8.01. The number of barbiturate groups is 1. The molecule has 0 aromatic heterocycles. The highest BCUT2D eigenvalue weighted by Crippen LogP contribution is 2.33. The summed E-state index contributed by atoms with van der Waals surface area (Å²) in [6.45, 7) is 3.86. The van der Waals surface area contributed by atoms with Crippen LogP contribution in [0, 0.1) is 0 Å². The average molecular weight is 578 g/mol. The van der Waals surface area contributed by atoms with Crippen molar-refractivity contribution in [2.24, 2.45) is 0 Å². The van der Waals surface area contributed by atoms with Crippen LogP contribution in [0.25, 0.3) is 6.08 Å². The average Bonchev–Trinajstić information content (AvgIpc) is 2.84. The second kappa shape index (κ2) is 12.9. The van der Waals surface area contributed by atoms with Gasteiger partial charge in [-0.15, -0.1) is 0 Å². The highest BCUT2D eigenvalue weighted by Gasteiger charge is 2.53. The van der Waals surface area contributed by atoms with Crippen molar-refractivity contribution in [2.45, 2.75) is 58.4 Å². The van der Waals surface area contributed by atoms with Crippen molar-refractivity contribution in [1.29, 1.82) is 0 Å². The second-order valence-corrected chi connectivity index (χ2v) is 8.70. The van der Waals surface area contributed by atoms with Crippen molar-refractivity contribution < 1.29 is 67.1 Å². The highest BCUT2D eigenvalue weighted by atomic mass is 16.7. The van der Waals surface area contributed by atoms with Crippen molar-refractivity contribution in [3.63, 3.8) is 0 Å². The molecule has 2 aliphatic rings. The molecule has 0 unspecified atom stereocenters. The summed E-state index contributed by atoms with van der Waals surface area (Å²) in [6.07, 6.45) is -6.15. The number of ether oxygens (including phenoxy) is 6. The van der Waals surface area contributed by atoms with Crippen LogP contribution in [0.4, 0.5) is 4.79 Å². The molecule has 220 valence electrons. The van der Waals surface area contributed by atoms with Crippen LogP contribution >= 0.6 is 0 Å². The molecule has 3 rings (SSSR count).